The van der Waals surface area contributed by atoms with Crippen LogP contribution >= 0.6 is 0 Å². The smallest absolute Gasteiger partial charge is 0.409 e. The molecular weight excluding hydrogens is 189 g/mol. The molecule has 0 aromatic heterocycles. The minimum Gasteiger partial charge on any atom is -0.432 e. The summed E-state index contributed by atoms with van der Waals surface area (Å²) >= 11 is 0. The van der Waals surface area contributed by atoms with Gasteiger partial charge in [0.2, 0.25) is 0 Å². The Kier molecular flexibility index (Phi) is 2.98. The van der Waals surface area contributed by atoms with Gasteiger partial charge in [0.25, 0.3) is 0 Å². The molecule has 0 fully saturated rings. The van der Waals surface area contributed by atoms with Gasteiger partial charge in [0, 0.05) is 24.8 Å². The predicted octanol–water partition coefficient (Wildman–Crippen LogP) is 0.768. The number of para-hydroxylation sites is 1. The fourth-order valence-electron chi connectivity index (χ4n) is 2.19. The molecular formula is C11H16BNO2. The van der Waals surface area contributed by atoms with Crippen LogP contribution in [-0.4, -0.2) is 30.3 Å². The van der Waals surface area contributed by atoms with E-state index in [0.717, 1.165) is 18.7 Å². The number of hydrogen-bond donors (Lipinski definition) is 2. The normalized spacial score (nSPS) is 19.9. The molecule has 4 heteroatoms. The molecule has 0 saturated carbocycles. The van der Waals surface area contributed by atoms with Crippen LogP contribution < -0.4 is 4.81 Å². The van der Waals surface area contributed by atoms with Crippen molar-refractivity contribution in [2.75, 3.05) is 18.0 Å². The lowest BCUT2D eigenvalue weighted by molar-refractivity contribution is 0.226. The number of anilines is 1. The van der Waals surface area contributed by atoms with E-state index in [1.54, 1.807) is 6.82 Å². The molecule has 3 nitrogen and oxygen atoms in total. The fourth-order valence-corrected chi connectivity index (χ4v) is 2.19. The van der Waals surface area contributed by atoms with Crippen molar-refractivity contribution < 1.29 is 10.1 Å². The maximum Gasteiger partial charge on any atom is 0.409 e. The van der Waals surface area contributed by atoms with Crippen LogP contribution in [0.2, 0.25) is 6.82 Å². The zero-order valence-electron chi connectivity index (χ0n) is 8.93. The molecule has 0 radical (unpaired) electrons. The summed E-state index contributed by atoms with van der Waals surface area (Å²) in [5, 5.41) is 18.9. The summed E-state index contributed by atoms with van der Waals surface area (Å²) in [6, 6.07) is 8.06. The molecule has 0 aliphatic carbocycles. The van der Waals surface area contributed by atoms with Crippen LogP contribution in [0, 0.1) is 5.92 Å². The van der Waals surface area contributed by atoms with Crippen LogP contribution in [-0.2, 0) is 6.42 Å². The van der Waals surface area contributed by atoms with Gasteiger partial charge in [0.05, 0.1) is 0 Å². The molecule has 0 bridgehead atoms. The molecule has 1 aliphatic heterocycles. The van der Waals surface area contributed by atoms with Gasteiger partial charge in [0.15, 0.2) is 0 Å². The lowest BCUT2D eigenvalue weighted by atomic mass is 9.79. The van der Waals surface area contributed by atoms with E-state index >= 15 is 0 Å². The van der Waals surface area contributed by atoms with Gasteiger partial charge in [-0.3, -0.25) is 0 Å². The van der Waals surface area contributed by atoms with Crippen molar-refractivity contribution in [3.05, 3.63) is 29.8 Å². The first-order valence-electron chi connectivity index (χ1n) is 5.36. The second-order valence-electron chi connectivity index (χ2n) is 4.17. The molecule has 1 aliphatic rings. The number of fused-ring (bicyclic) bond motifs is 1. The van der Waals surface area contributed by atoms with E-state index < -0.39 is 7.05 Å². The molecule has 1 atom stereocenters. The molecule has 80 valence electrons. The SMILES string of the molecule is CB(O)N1CC(CO)Cc2ccccc21. The number of aliphatic hydroxyl groups excluding tert-OH is 1. The maximum absolute atomic E-state index is 9.68. The Balaban J connectivity index is 2.34. The molecule has 2 rings (SSSR count). The maximum atomic E-state index is 9.68. The van der Waals surface area contributed by atoms with Crippen molar-refractivity contribution in [1.29, 1.82) is 0 Å². The van der Waals surface area contributed by atoms with Gasteiger partial charge < -0.3 is 14.9 Å². The topological polar surface area (TPSA) is 43.7 Å². The standard InChI is InChI=1S/C11H16BNO2/c1-12(15)13-7-9(8-14)6-10-4-2-3-5-11(10)13/h2-5,9,14-15H,6-8H2,1H3. The summed E-state index contributed by atoms with van der Waals surface area (Å²) in [4.78, 5) is 1.94. The van der Waals surface area contributed by atoms with Crippen LogP contribution in [0.15, 0.2) is 24.3 Å². The van der Waals surface area contributed by atoms with Crippen LogP contribution in [0.3, 0.4) is 0 Å². The van der Waals surface area contributed by atoms with Crippen LogP contribution in [0.1, 0.15) is 5.56 Å². The fraction of sp³-hybridized carbons (Fsp3) is 0.455. The molecule has 15 heavy (non-hydrogen) atoms. The van der Waals surface area contributed by atoms with Gasteiger partial charge in [-0.1, -0.05) is 18.2 Å². The monoisotopic (exact) mass is 205 g/mol. The van der Waals surface area contributed by atoms with Gasteiger partial charge >= 0.3 is 7.05 Å². The second kappa shape index (κ2) is 4.25. The average Bonchev–Trinajstić information content (AvgIpc) is 2.27. The average molecular weight is 205 g/mol. The van der Waals surface area contributed by atoms with E-state index in [-0.39, 0.29) is 12.5 Å². The third-order valence-corrected chi connectivity index (χ3v) is 2.97. The zero-order valence-corrected chi connectivity index (χ0v) is 8.93. The number of nitrogens with zero attached hydrogens (tertiary/aromatic N) is 1. The number of aliphatic hydroxyl groups is 1. The third kappa shape index (κ3) is 2.01. The van der Waals surface area contributed by atoms with Crippen LogP contribution in [0.5, 0.6) is 0 Å². The van der Waals surface area contributed by atoms with Crippen molar-refractivity contribution in [1.82, 2.24) is 0 Å². The van der Waals surface area contributed by atoms with Gasteiger partial charge in [0.1, 0.15) is 0 Å². The van der Waals surface area contributed by atoms with E-state index in [2.05, 4.69) is 6.07 Å². The van der Waals surface area contributed by atoms with Crippen molar-refractivity contribution in [3.8, 4) is 0 Å². The van der Waals surface area contributed by atoms with Gasteiger partial charge in [-0.05, 0) is 24.9 Å². The molecule has 1 unspecified atom stereocenters. The van der Waals surface area contributed by atoms with E-state index in [4.69, 9.17) is 0 Å². The highest BCUT2D eigenvalue weighted by molar-refractivity contribution is 6.53. The Morgan fingerprint density at radius 2 is 2.20 bits per heavy atom. The third-order valence-electron chi connectivity index (χ3n) is 2.97. The van der Waals surface area contributed by atoms with Crippen molar-refractivity contribution >= 4 is 12.7 Å². The van der Waals surface area contributed by atoms with E-state index in [1.165, 1.54) is 5.56 Å². The summed E-state index contributed by atoms with van der Waals surface area (Å²) in [5.74, 6) is 0.231. The van der Waals surface area contributed by atoms with E-state index in [1.807, 2.05) is 23.0 Å². The van der Waals surface area contributed by atoms with Gasteiger partial charge in [-0.15, -0.1) is 0 Å². The first kappa shape index (κ1) is 10.5. The molecule has 1 aromatic carbocycles. The summed E-state index contributed by atoms with van der Waals surface area (Å²) in [7, 11) is -0.500. The van der Waals surface area contributed by atoms with Crippen molar-refractivity contribution in [2.45, 2.75) is 13.2 Å². The summed E-state index contributed by atoms with van der Waals surface area (Å²) in [6.07, 6.45) is 0.899. The Labute approximate surface area is 90.5 Å². The van der Waals surface area contributed by atoms with Gasteiger partial charge in [-0.2, -0.15) is 0 Å². The minimum absolute atomic E-state index is 0.178. The quantitative estimate of drug-likeness (QED) is 0.700. The summed E-state index contributed by atoms with van der Waals surface area (Å²) in [6.45, 7) is 2.67. The summed E-state index contributed by atoms with van der Waals surface area (Å²) < 4.78 is 0. The van der Waals surface area contributed by atoms with E-state index in [0.29, 0.717) is 0 Å². The Bertz CT molecular complexity index is 343. The highest BCUT2D eigenvalue weighted by atomic mass is 16.3. The van der Waals surface area contributed by atoms with Crippen LogP contribution in [0.25, 0.3) is 0 Å². The van der Waals surface area contributed by atoms with Gasteiger partial charge in [-0.25, -0.2) is 0 Å². The Hall–Kier alpha value is -0.995. The first-order valence-corrected chi connectivity index (χ1v) is 5.36. The number of rotatable bonds is 2. The highest BCUT2D eigenvalue weighted by Crippen LogP contribution is 2.29. The lowest BCUT2D eigenvalue weighted by Gasteiger charge is -2.36. The highest BCUT2D eigenvalue weighted by Gasteiger charge is 2.27. The molecule has 2 N–H and O–H groups in total. The molecule has 1 aromatic rings. The lowest BCUT2D eigenvalue weighted by Crippen LogP contribution is -2.45. The second-order valence-corrected chi connectivity index (χ2v) is 4.17. The van der Waals surface area contributed by atoms with Crippen LogP contribution in [0.4, 0.5) is 5.69 Å². The molecule has 0 amide bonds. The minimum atomic E-state index is -0.500. The molecule has 0 saturated heterocycles. The molecule has 1 heterocycles. The predicted molar refractivity (Wildman–Crippen MR) is 61.9 cm³/mol. The van der Waals surface area contributed by atoms with E-state index in [9.17, 15) is 10.1 Å². The first-order chi connectivity index (χ1) is 7.22. The molecule has 0 spiro atoms. The summed E-state index contributed by atoms with van der Waals surface area (Å²) in [5.41, 5.74) is 2.31. The zero-order chi connectivity index (χ0) is 10.8. The Morgan fingerprint density at radius 1 is 1.47 bits per heavy atom. The largest absolute Gasteiger partial charge is 0.432 e. The Morgan fingerprint density at radius 3 is 2.87 bits per heavy atom. The van der Waals surface area contributed by atoms with Crippen molar-refractivity contribution in [2.24, 2.45) is 5.92 Å². The van der Waals surface area contributed by atoms with Crippen molar-refractivity contribution in [3.63, 3.8) is 0 Å². The number of hydrogen-bond acceptors (Lipinski definition) is 3. The number of benzene rings is 1.